The van der Waals surface area contributed by atoms with Crippen LogP contribution in [-0.2, 0) is 19.2 Å². The number of piperazine rings is 1. The standard InChI is InChI=1S/C24H27F2N7O/c1-17(24(34,14-33-16-27-15-28-33)19-8-7-18(25)13-20(19)26)31-9-11-32(12-10-31)23-29-21-5-3-4-6-22(21)30(23)2/h3-8,13,15-17,34H,9-12,14H2,1-2H3/t17-,24-/m1/s1. The fourth-order valence-corrected chi connectivity index (χ4v) is 4.87. The van der Waals surface area contributed by atoms with Gasteiger partial charge in [-0.15, -0.1) is 0 Å². The minimum atomic E-state index is -1.65. The summed E-state index contributed by atoms with van der Waals surface area (Å²) in [5.41, 5.74) is 0.410. The third-order valence-electron chi connectivity index (χ3n) is 6.87. The van der Waals surface area contributed by atoms with Crippen molar-refractivity contribution in [2.75, 3.05) is 31.1 Å². The molecule has 10 heteroatoms. The van der Waals surface area contributed by atoms with Crippen molar-refractivity contribution in [3.8, 4) is 0 Å². The number of para-hydroxylation sites is 2. The average molecular weight is 468 g/mol. The Kier molecular flexibility index (Phi) is 5.78. The second kappa shape index (κ2) is 8.77. The van der Waals surface area contributed by atoms with Crippen molar-refractivity contribution < 1.29 is 13.9 Å². The summed E-state index contributed by atoms with van der Waals surface area (Å²) in [6.45, 7) is 4.55. The number of halogens is 2. The lowest BCUT2D eigenvalue weighted by atomic mass is 9.85. The molecule has 1 N–H and O–H groups in total. The molecule has 4 aromatic rings. The predicted octanol–water partition coefficient (Wildman–Crippen LogP) is 2.54. The highest BCUT2D eigenvalue weighted by Gasteiger charge is 2.42. The van der Waals surface area contributed by atoms with Crippen molar-refractivity contribution in [1.82, 2.24) is 29.2 Å². The third-order valence-corrected chi connectivity index (χ3v) is 6.87. The molecule has 8 nitrogen and oxygen atoms in total. The van der Waals surface area contributed by atoms with Gasteiger partial charge in [0.2, 0.25) is 5.95 Å². The maximum Gasteiger partial charge on any atom is 0.206 e. The van der Waals surface area contributed by atoms with Crippen molar-refractivity contribution >= 4 is 17.0 Å². The Bertz CT molecular complexity index is 1280. The normalized spacial score (nSPS) is 17.7. The summed E-state index contributed by atoms with van der Waals surface area (Å²) >= 11 is 0. The van der Waals surface area contributed by atoms with E-state index in [2.05, 4.69) is 24.4 Å². The van der Waals surface area contributed by atoms with E-state index in [0.717, 1.165) is 23.0 Å². The Morgan fingerprint density at radius 1 is 1.09 bits per heavy atom. The lowest BCUT2D eigenvalue weighted by Crippen LogP contribution is -2.57. The van der Waals surface area contributed by atoms with Crippen LogP contribution in [0.2, 0.25) is 0 Å². The molecule has 0 unspecified atom stereocenters. The molecule has 2 atom stereocenters. The van der Waals surface area contributed by atoms with Crippen molar-refractivity contribution in [3.05, 3.63) is 72.3 Å². The molecule has 1 aliphatic heterocycles. The van der Waals surface area contributed by atoms with Crippen LogP contribution in [0.15, 0.2) is 55.1 Å². The van der Waals surface area contributed by atoms with Crippen LogP contribution < -0.4 is 4.90 Å². The van der Waals surface area contributed by atoms with Crippen molar-refractivity contribution in [3.63, 3.8) is 0 Å². The molecular weight excluding hydrogens is 440 g/mol. The molecule has 3 heterocycles. The predicted molar refractivity (Wildman–Crippen MR) is 124 cm³/mol. The number of benzene rings is 2. The zero-order chi connectivity index (χ0) is 23.9. The second-order valence-electron chi connectivity index (χ2n) is 8.80. The number of aromatic nitrogens is 5. The zero-order valence-electron chi connectivity index (χ0n) is 19.1. The number of nitrogens with zero attached hydrogens (tertiary/aromatic N) is 7. The van der Waals surface area contributed by atoms with E-state index in [1.54, 1.807) is 0 Å². The van der Waals surface area contributed by atoms with Crippen molar-refractivity contribution in [2.45, 2.75) is 25.1 Å². The summed E-state index contributed by atoms with van der Waals surface area (Å²) in [6.07, 6.45) is 2.84. The van der Waals surface area contributed by atoms with E-state index in [1.807, 2.05) is 38.2 Å². The molecule has 0 saturated carbocycles. The number of fused-ring (bicyclic) bond motifs is 1. The smallest absolute Gasteiger partial charge is 0.206 e. The fourth-order valence-electron chi connectivity index (χ4n) is 4.87. The van der Waals surface area contributed by atoms with Gasteiger partial charge in [0, 0.05) is 50.9 Å². The largest absolute Gasteiger partial charge is 0.381 e. The monoisotopic (exact) mass is 467 g/mol. The lowest BCUT2D eigenvalue weighted by molar-refractivity contribution is -0.0650. The van der Waals surface area contributed by atoms with Gasteiger partial charge in [-0.2, -0.15) is 5.10 Å². The Morgan fingerprint density at radius 3 is 2.53 bits per heavy atom. The number of anilines is 1. The van der Waals surface area contributed by atoms with Crippen LogP contribution in [0.4, 0.5) is 14.7 Å². The highest BCUT2D eigenvalue weighted by molar-refractivity contribution is 5.78. The van der Waals surface area contributed by atoms with Gasteiger partial charge in [-0.3, -0.25) is 4.90 Å². The van der Waals surface area contributed by atoms with Crippen LogP contribution in [0.5, 0.6) is 0 Å². The summed E-state index contributed by atoms with van der Waals surface area (Å²) < 4.78 is 32.0. The zero-order valence-corrected chi connectivity index (χ0v) is 19.1. The van der Waals surface area contributed by atoms with E-state index < -0.39 is 23.3 Å². The molecule has 0 aliphatic carbocycles. The molecular formula is C24H27F2N7O. The summed E-state index contributed by atoms with van der Waals surface area (Å²) in [4.78, 5) is 13.1. The molecule has 0 bridgehead atoms. The van der Waals surface area contributed by atoms with Gasteiger partial charge >= 0.3 is 0 Å². The third kappa shape index (κ3) is 3.92. The molecule has 0 radical (unpaired) electrons. The SMILES string of the molecule is C[C@@H](N1CCN(c2nc3ccccc3n2C)CC1)[C@](O)(Cn1cncn1)c1ccc(F)cc1F. The number of aliphatic hydroxyl groups is 1. The summed E-state index contributed by atoms with van der Waals surface area (Å²) in [7, 11) is 2.01. The molecule has 5 rings (SSSR count). The van der Waals surface area contributed by atoms with E-state index in [4.69, 9.17) is 4.98 Å². The summed E-state index contributed by atoms with van der Waals surface area (Å²) in [5.74, 6) is -0.572. The Morgan fingerprint density at radius 2 is 1.85 bits per heavy atom. The minimum Gasteiger partial charge on any atom is -0.381 e. The van der Waals surface area contributed by atoms with E-state index in [0.29, 0.717) is 26.2 Å². The van der Waals surface area contributed by atoms with Crippen LogP contribution in [0.25, 0.3) is 11.0 Å². The number of hydrogen-bond donors (Lipinski definition) is 1. The van der Waals surface area contributed by atoms with Gasteiger partial charge in [-0.1, -0.05) is 18.2 Å². The maximum atomic E-state index is 14.8. The first-order valence-corrected chi connectivity index (χ1v) is 11.3. The van der Waals surface area contributed by atoms with E-state index in [-0.39, 0.29) is 12.1 Å². The summed E-state index contributed by atoms with van der Waals surface area (Å²) in [6, 6.07) is 10.8. The molecule has 2 aromatic heterocycles. The highest BCUT2D eigenvalue weighted by atomic mass is 19.1. The van der Waals surface area contributed by atoms with Gasteiger partial charge in [0.25, 0.3) is 0 Å². The minimum absolute atomic E-state index is 0.0122. The van der Waals surface area contributed by atoms with Crippen molar-refractivity contribution in [1.29, 1.82) is 0 Å². The second-order valence-corrected chi connectivity index (χ2v) is 8.80. The molecule has 0 amide bonds. The fraction of sp³-hybridized carbons (Fsp3) is 0.375. The number of rotatable bonds is 6. The first-order valence-electron chi connectivity index (χ1n) is 11.3. The Labute approximate surface area is 196 Å². The van der Waals surface area contributed by atoms with Gasteiger partial charge < -0.3 is 14.6 Å². The number of imidazole rings is 1. The van der Waals surface area contributed by atoms with Crippen LogP contribution in [0.3, 0.4) is 0 Å². The van der Waals surface area contributed by atoms with E-state index >= 15 is 0 Å². The average Bonchev–Trinajstić information content (AvgIpc) is 3.46. The first kappa shape index (κ1) is 22.4. The highest BCUT2D eigenvalue weighted by Crippen LogP contribution is 2.33. The molecule has 1 fully saturated rings. The van der Waals surface area contributed by atoms with Gasteiger partial charge in [0.05, 0.1) is 17.6 Å². The van der Waals surface area contributed by atoms with Gasteiger partial charge in [-0.25, -0.2) is 23.4 Å². The van der Waals surface area contributed by atoms with Crippen LogP contribution >= 0.6 is 0 Å². The lowest BCUT2D eigenvalue weighted by Gasteiger charge is -2.45. The molecule has 0 spiro atoms. The van der Waals surface area contributed by atoms with Gasteiger partial charge in [-0.05, 0) is 25.1 Å². The van der Waals surface area contributed by atoms with Crippen LogP contribution in [0, 0.1) is 11.6 Å². The van der Waals surface area contributed by atoms with Crippen LogP contribution in [0.1, 0.15) is 12.5 Å². The topological polar surface area (TPSA) is 75.2 Å². The molecule has 2 aromatic carbocycles. The van der Waals surface area contributed by atoms with E-state index in [9.17, 15) is 13.9 Å². The van der Waals surface area contributed by atoms with Gasteiger partial charge in [0.15, 0.2) is 0 Å². The Hall–Kier alpha value is -3.37. The molecule has 1 aliphatic rings. The molecule has 1 saturated heterocycles. The number of aryl methyl sites for hydroxylation is 1. The molecule has 178 valence electrons. The van der Waals surface area contributed by atoms with E-state index in [1.165, 1.54) is 29.5 Å². The van der Waals surface area contributed by atoms with Crippen molar-refractivity contribution in [2.24, 2.45) is 7.05 Å². The maximum absolute atomic E-state index is 14.8. The first-order chi connectivity index (χ1) is 16.4. The quantitative estimate of drug-likeness (QED) is 0.470. The number of hydrogen-bond acceptors (Lipinski definition) is 6. The molecule has 34 heavy (non-hydrogen) atoms. The van der Waals surface area contributed by atoms with Crippen LogP contribution in [-0.4, -0.2) is 66.5 Å². The van der Waals surface area contributed by atoms with Gasteiger partial charge in [0.1, 0.15) is 29.9 Å². The summed E-state index contributed by atoms with van der Waals surface area (Å²) in [5, 5.41) is 15.9. The Balaban J connectivity index is 1.39.